The molecule has 1 aliphatic heterocycles. The van der Waals surface area contributed by atoms with E-state index < -0.39 is 0 Å². The highest BCUT2D eigenvalue weighted by molar-refractivity contribution is 5.74. The van der Waals surface area contributed by atoms with Gasteiger partial charge in [-0.1, -0.05) is 26.0 Å². The molecule has 124 valence electrons. The van der Waals surface area contributed by atoms with Crippen LogP contribution >= 0.6 is 0 Å². The number of hydrogen-bond donors (Lipinski definition) is 1. The highest BCUT2D eigenvalue weighted by Crippen LogP contribution is 2.29. The smallest absolute Gasteiger partial charge is 0.317 e. The molecule has 0 saturated carbocycles. The van der Waals surface area contributed by atoms with Crippen LogP contribution in [0.3, 0.4) is 0 Å². The monoisotopic (exact) mass is 315 g/mol. The van der Waals surface area contributed by atoms with Crippen molar-refractivity contribution in [3.05, 3.63) is 30.2 Å². The second kappa shape index (κ2) is 7.02. The Hall–Kier alpha value is -2.04. The van der Waals surface area contributed by atoms with Crippen molar-refractivity contribution in [2.24, 2.45) is 5.92 Å². The van der Waals surface area contributed by atoms with Crippen LogP contribution in [0.25, 0.3) is 11.1 Å². The first kappa shape index (κ1) is 15.8. The molecule has 0 unspecified atom stereocenters. The van der Waals surface area contributed by atoms with Crippen molar-refractivity contribution in [2.75, 3.05) is 19.6 Å². The minimum atomic E-state index is 0.0571. The van der Waals surface area contributed by atoms with Crippen molar-refractivity contribution in [1.82, 2.24) is 15.2 Å². The van der Waals surface area contributed by atoms with Gasteiger partial charge in [0.15, 0.2) is 11.5 Å². The van der Waals surface area contributed by atoms with Crippen LogP contribution in [0, 0.1) is 5.92 Å². The van der Waals surface area contributed by atoms with Crippen molar-refractivity contribution in [3.63, 3.8) is 0 Å². The van der Waals surface area contributed by atoms with Crippen molar-refractivity contribution < 1.29 is 9.21 Å². The van der Waals surface area contributed by atoms with E-state index in [0.717, 1.165) is 55.9 Å². The Morgan fingerprint density at radius 2 is 2.09 bits per heavy atom. The number of urea groups is 1. The number of hydrogen-bond acceptors (Lipinski definition) is 3. The summed E-state index contributed by atoms with van der Waals surface area (Å²) >= 11 is 0. The van der Waals surface area contributed by atoms with Crippen LogP contribution in [0.4, 0.5) is 4.79 Å². The van der Waals surface area contributed by atoms with Gasteiger partial charge < -0.3 is 14.6 Å². The zero-order valence-corrected chi connectivity index (χ0v) is 13.9. The summed E-state index contributed by atoms with van der Waals surface area (Å²) in [5.74, 6) is 1.73. The first-order valence-corrected chi connectivity index (χ1v) is 8.51. The largest absolute Gasteiger partial charge is 0.440 e. The molecule has 1 aliphatic rings. The summed E-state index contributed by atoms with van der Waals surface area (Å²) in [6.07, 6.45) is 2.83. The zero-order valence-electron chi connectivity index (χ0n) is 13.9. The second-order valence-electron chi connectivity index (χ2n) is 6.70. The van der Waals surface area contributed by atoms with E-state index in [4.69, 9.17) is 4.42 Å². The number of carbonyl (C=O) groups is 1. The fourth-order valence-corrected chi connectivity index (χ4v) is 2.97. The fraction of sp³-hybridized carbons (Fsp3) is 0.556. The van der Waals surface area contributed by atoms with Crippen LogP contribution in [0.1, 0.15) is 44.9 Å². The van der Waals surface area contributed by atoms with Gasteiger partial charge in [0.1, 0.15) is 5.52 Å². The molecule has 1 N–H and O–H groups in total. The Balaban J connectivity index is 1.52. The van der Waals surface area contributed by atoms with Crippen molar-refractivity contribution in [1.29, 1.82) is 0 Å². The SMILES string of the molecule is CC(C)CCNC(=O)N1CCC(c2nc3ccccc3o2)CC1. The van der Waals surface area contributed by atoms with Gasteiger partial charge in [0, 0.05) is 25.6 Å². The van der Waals surface area contributed by atoms with Crippen LogP contribution in [0.15, 0.2) is 28.7 Å². The van der Waals surface area contributed by atoms with Gasteiger partial charge in [0.25, 0.3) is 0 Å². The zero-order chi connectivity index (χ0) is 16.2. The number of amides is 2. The Morgan fingerprint density at radius 3 is 2.78 bits per heavy atom. The maximum atomic E-state index is 12.1. The molecule has 1 saturated heterocycles. The van der Waals surface area contributed by atoms with Crippen LogP contribution in [-0.4, -0.2) is 35.5 Å². The Labute approximate surface area is 137 Å². The van der Waals surface area contributed by atoms with Crippen LogP contribution < -0.4 is 5.32 Å². The number of likely N-dealkylation sites (tertiary alicyclic amines) is 1. The molecule has 1 aromatic carbocycles. The van der Waals surface area contributed by atoms with E-state index in [1.165, 1.54) is 0 Å². The molecule has 2 amide bonds. The molecule has 0 spiro atoms. The average Bonchev–Trinajstić information content (AvgIpc) is 2.98. The second-order valence-corrected chi connectivity index (χ2v) is 6.70. The van der Waals surface area contributed by atoms with Gasteiger partial charge in [0.05, 0.1) is 0 Å². The van der Waals surface area contributed by atoms with Crippen molar-refractivity contribution >= 4 is 17.1 Å². The average molecular weight is 315 g/mol. The highest BCUT2D eigenvalue weighted by Gasteiger charge is 2.26. The minimum absolute atomic E-state index is 0.0571. The number of carbonyl (C=O) groups excluding carboxylic acids is 1. The number of piperidine rings is 1. The topological polar surface area (TPSA) is 58.4 Å². The van der Waals surface area contributed by atoms with Gasteiger partial charge >= 0.3 is 6.03 Å². The van der Waals surface area contributed by atoms with E-state index in [-0.39, 0.29) is 6.03 Å². The first-order valence-electron chi connectivity index (χ1n) is 8.51. The molecule has 2 heterocycles. The van der Waals surface area contributed by atoms with Crippen LogP contribution in [0.2, 0.25) is 0 Å². The maximum absolute atomic E-state index is 12.1. The maximum Gasteiger partial charge on any atom is 0.317 e. The molecule has 0 atom stereocenters. The molecule has 23 heavy (non-hydrogen) atoms. The molecule has 1 fully saturated rings. The summed E-state index contributed by atoms with van der Waals surface area (Å²) in [4.78, 5) is 18.6. The van der Waals surface area contributed by atoms with Gasteiger partial charge in [-0.2, -0.15) is 0 Å². The highest BCUT2D eigenvalue weighted by atomic mass is 16.3. The number of fused-ring (bicyclic) bond motifs is 1. The van der Waals surface area contributed by atoms with Gasteiger partial charge in [-0.05, 0) is 37.3 Å². The van der Waals surface area contributed by atoms with Crippen molar-refractivity contribution in [2.45, 2.75) is 39.0 Å². The molecule has 0 radical (unpaired) electrons. The van der Waals surface area contributed by atoms with E-state index >= 15 is 0 Å². The summed E-state index contributed by atoms with van der Waals surface area (Å²) < 4.78 is 5.86. The lowest BCUT2D eigenvalue weighted by Gasteiger charge is -2.30. The summed E-state index contributed by atoms with van der Waals surface area (Å²) in [7, 11) is 0. The molecular weight excluding hydrogens is 290 g/mol. The number of aromatic nitrogens is 1. The number of nitrogens with one attached hydrogen (secondary N) is 1. The fourth-order valence-electron chi connectivity index (χ4n) is 2.97. The number of oxazole rings is 1. The first-order chi connectivity index (χ1) is 11.1. The molecule has 0 bridgehead atoms. The van der Waals surface area contributed by atoms with Gasteiger partial charge in [0.2, 0.25) is 0 Å². The lowest BCUT2D eigenvalue weighted by atomic mass is 9.97. The molecule has 1 aromatic heterocycles. The Morgan fingerprint density at radius 1 is 1.35 bits per heavy atom. The molecule has 3 rings (SSSR count). The van der Waals surface area contributed by atoms with Crippen LogP contribution in [0.5, 0.6) is 0 Å². The summed E-state index contributed by atoms with van der Waals surface area (Å²) in [6.45, 7) is 6.60. The number of para-hydroxylation sites is 2. The third-order valence-electron chi connectivity index (χ3n) is 4.44. The summed E-state index contributed by atoms with van der Waals surface area (Å²) in [5, 5.41) is 3.01. The van der Waals surface area contributed by atoms with E-state index in [9.17, 15) is 4.79 Å². The lowest BCUT2D eigenvalue weighted by Crippen LogP contribution is -2.44. The molecule has 5 nitrogen and oxygen atoms in total. The number of rotatable bonds is 4. The van der Waals surface area contributed by atoms with E-state index in [1.54, 1.807) is 0 Å². The summed E-state index contributed by atoms with van der Waals surface area (Å²) in [6, 6.07) is 7.91. The molecule has 2 aromatic rings. The van der Waals surface area contributed by atoms with Gasteiger partial charge in [-0.15, -0.1) is 0 Å². The quantitative estimate of drug-likeness (QED) is 0.934. The minimum Gasteiger partial charge on any atom is -0.440 e. The predicted molar refractivity (Wildman–Crippen MR) is 90.4 cm³/mol. The van der Waals surface area contributed by atoms with Gasteiger partial charge in [-0.3, -0.25) is 0 Å². The molecule has 0 aliphatic carbocycles. The third-order valence-corrected chi connectivity index (χ3v) is 4.44. The third kappa shape index (κ3) is 3.84. The Bertz CT molecular complexity index is 624. The van der Waals surface area contributed by atoms with E-state index in [2.05, 4.69) is 24.1 Å². The standard InChI is InChI=1S/C18H25N3O2/c1-13(2)7-10-19-18(22)21-11-8-14(9-12-21)17-20-15-5-3-4-6-16(15)23-17/h3-6,13-14H,7-12H2,1-2H3,(H,19,22). The van der Waals surface area contributed by atoms with E-state index in [1.807, 2.05) is 29.2 Å². The Kier molecular flexibility index (Phi) is 4.84. The predicted octanol–water partition coefficient (Wildman–Crippen LogP) is 3.76. The van der Waals surface area contributed by atoms with Crippen molar-refractivity contribution in [3.8, 4) is 0 Å². The van der Waals surface area contributed by atoms with Gasteiger partial charge in [-0.25, -0.2) is 9.78 Å². The summed E-state index contributed by atoms with van der Waals surface area (Å²) in [5.41, 5.74) is 1.76. The number of benzene rings is 1. The van der Waals surface area contributed by atoms with Crippen LogP contribution in [-0.2, 0) is 0 Å². The number of nitrogens with zero attached hydrogens (tertiary/aromatic N) is 2. The molecule has 5 heteroatoms. The normalized spacial score (nSPS) is 16.2. The lowest BCUT2D eigenvalue weighted by molar-refractivity contribution is 0.177. The van der Waals surface area contributed by atoms with E-state index in [0.29, 0.717) is 11.8 Å². The molecular formula is C18H25N3O2.